The molecule has 0 spiro atoms. The third-order valence-electron chi connectivity index (χ3n) is 4.72. The van der Waals surface area contributed by atoms with Crippen molar-refractivity contribution in [3.8, 4) is 0 Å². The van der Waals surface area contributed by atoms with Gasteiger partial charge in [0.2, 0.25) is 10.0 Å². The van der Waals surface area contributed by atoms with Crippen LogP contribution in [0.15, 0.2) is 59.2 Å². The Bertz CT molecular complexity index is 1260. The molecule has 0 atom stereocenters. The fraction of sp³-hybridized carbons (Fsp3) is 0.182. The number of furan rings is 1. The number of carbonyl (C=O) groups excluding carboxylic acids is 2. The van der Waals surface area contributed by atoms with Crippen molar-refractivity contribution in [2.24, 2.45) is 0 Å². The highest BCUT2D eigenvalue weighted by Crippen LogP contribution is 2.21. The summed E-state index contributed by atoms with van der Waals surface area (Å²) < 4.78 is 44.6. The molecule has 0 aliphatic rings. The molecule has 3 rings (SSSR count). The average molecular weight is 475 g/mol. The number of carbonyl (C=O) groups is 2. The van der Waals surface area contributed by atoms with Crippen LogP contribution < -0.4 is 20.7 Å². The molecule has 0 fully saturated rings. The van der Waals surface area contributed by atoms with Gasteiger partial charge in [0.25, 0.3) is 5.91 Å². The number of sulfonamides is 1. The van der Waals surface area contributed by atoms with E-state index >= 15 is 0 Å². The molecule has 0 saturated heterocycles. The first kappa shape index (κ1) is 24.0. The van der Waals surface area contributed by atoms with Gasteiger partial charge in [-0.2, -0.15) is 0 Å². The van der Waals surface area contributed by atoms with Crippen LogP contribution in [0.25, 0.3) is 0 Å². The summed E-state index contributed by atoms with van der Waals surface area (Å²) in [5.74, 6) is -0.928. The predicted molar refractivity (Wildman–Crippen MR) is 122 cm³/mol. The van der Waals surface area contributed by atoms with Gasteiger partial charge < -0.3 is 20.4 Å². The summed E-state index contributed by atoms with van der Waals surface area (Å²) in [4.78, 5) is 24.5. The maximum Gasteiger partial charge on any atom is 0.319 e. The molecule has 174 valence electrons. The SMILES string of the molecule is CNS(=O)(=O)Cc1ccc(CNC(=O)Nc2ccc(F)c(NC(=O)c3ccoc3C)c2)cc1. The highest BCUT2D eigenvalue weighted by Gasteiger charge is 2.15. The minimum absolute atomic E-state index is 0.0921. The summed E-state index contributed by atoms with van der Waals surface area (Å²) in [7, 11) is -2.01. The van der Waals surface area contributed by atoms with Crippen molar-refractivity contribution >= 4 is 33.3 Å². The van der Waals surface area contributed by atoms with Crippen LogP contribution in [-0.2, 0) is 22.3 Å². The van der Waals surface area contributed by atoms with Crippen molar-refractivity contribution in [2.45, 2.75) is 19.2 Å². The van der Waals surface area contributed by atoms with Crippen LogP contribution in [0, 0.1) is 12.7 Å². The summed E-state index contributed by atoms with van der Waals surface area (Å²) >= 11 is 0. The van der Waals surface area contributed by atoms with Crippen LogP contribution in [0.2, 0.25) is 0 Å². The Kier molecular flexibility index (Phi) is 7.46. The predicted octanol–water partition coefficient (Wildman–Crippen LogP) is 3.35. The molecule has 0 radical (unpaired) electrons. The second-order valence-electron chi connectivity index (χ2n) is 7.13. The lowest BCUT2D eigenvalue weighted by atomic mass is 10.1. The Balaban J connectivity index is 1.56. The largest absolute Gasteiger partial charge is 0.469 e. The zero-order valence-corrected chi connectivity index (χ0v) is 18.8. The Morgan fingerprint density at radius 1 is 1.00 bits per heavy atom. The molecular weight excluding hydrogens is 451 g/mol. The van der Waals surface area contributed by atoms with E-state index in [0.29, 0.717) is 11.3 Å². The van der Waals surface area contributed by atoms with Crippen LogP contribution in [0.5, 0.6) is 0 Å². The monoisotopic (exact) mass is 474 g/mol. The van der Waals surface area contributed by atoms with Crippen LogP contribution in [0.3, 0.4) is 0 Å². The van der Waals surface area contributed by atoms with E-state index < -0.39 is 27.8 Å². The van der Waals surface area contributed by atoms with Crippen molar-refractivity contribution in [1.29, 1.82) is 0 Å². The Morgan fingerprint density at radius 2 is 1.70 bits per heavy atom. The van der Waals surface area contributed by atoms with Gasteiger partial charge in [0.1, 0.15) is 11.6 Å². The van der Waals surface area contributed by atoms with Crippen molar-refractivity contribution < 1.29 is 26.8 Å². The van der Waals surface area contributed by atoms with Gasteiger partial charge in [-0.05, 0) is 49.4 Å². The van der Waals surface area contributed by atoms with E-state index in [9.17, 15) is 22.4 Å². The highest BCUT2D eigenvalue weighted by atomic mass is 32.2. The van der Waals surface area contributed by atoms with E-state index in [1.165, 1.54) is 31.5 Å². The summed E-state index contributed by atoms with van der Waals surface area (Å²) in [6.07, 6.45) is 1.36. The number of anilines is 2. The van der Waals surface area contributed by atoms with Crippen LogP contribution >= 0.6 is 0 Å². The molecule has 33 heavy (non-hydrogen) atoms. The number of hydrogen-bond acceptors (Lipinski definition) is 5. The van der Waals surface area contributed by atoms with Gasteiger partial charge in [-0.3, -0.25) is 4.79 Å². The Morgan fingerprint density at radius 3 is 2.33 bits per heavy atom. The number of hydrogen-bond donors (Lipinski definition) is 4. The zero-order chi connectivity index (χ0) is 24.0. The van der Waals surface area contributed by atoms with E-state index in [-0.39, 0.29) is 29.2 Å². The standard InChI is InChI=1S/C22H23FN4O5S/c1-14-18(9-10-32-14)21(28)27-20-11-17(7-8-19(20)23)26-22(29)25-12-15-3-5-16(6-4-15)13-33(30,31)24-2/h3-11,24H,12-13H2,1-2H3,(H,27,28)(H2,25,26,29). The second kappa shape index (κ2) is 10.3. The lowest BCUT2D eigenvalue weighted by Gasteiger charge is -2.11. The zero-order valence-electron chi connectivity index (χ0n) is 17.9. The molecule has 11 heteroatoms. The van der Waals surface area contributed by atoms with E-state index in [1.54, 1.807) is 31.2 Å². The van der Waals surface area contributed by atoms with Crippen molar-refractivity contribution in [1.82, 2.24) is 10.0 Å². The van der Waals surface area contributed by atoms with Gasteiger partial charge in [0, 0.05) is 12.2 Å². The first-order chi connectivity index (χ1) is 15.7. The van der Waals surface area contributed by atoms with E-state index in [4.69, 9.17) is 4.42 Å². The molecule has 1 heterocycles. The first-order valence-corrected chi connectivity index (χ1v) is 11.5. The van der Waals surface area contributed by atoms with Gasteiger partial charge in [0.05, 0.1) is 23.3 Å². The Labute approximate surface area is 190 Å². The molecule has 0 bridgehead atoms. The number of amides is 3. The molecular formula is C22H23FN4O5S. The lowest BCUT2D eigenvalue weighted by Crippen LogP contribution is -2.28. The molecule has 9 nitrogen and oxygen atoms in total. The van der Waals surface area contributed by atoms with Gasteiger partial charge in [-0.15, -0.1) is 0 Å². The molecule has 4 N–H and O–H groups in total. The molecule has 3 aromatic rings. The van der Waals surface area contributed by atoms with Crippen molar-refractivity contribution in [3.63, 3.8) is 0 Å². The third kappa shape index (κ3) is 6.64. The second-order valence-corrected chi connectivity index (χ2v) is 9.05. The number of aryl methyl sites for hydroxylation is 1. The molecule has 0 aliphatic carbocycles. The fourth-order valence-electron chi connectivity index (χ4n) is 2.91. The topological polar surface area (TPSA) is 130 Å². The van der Waals surface area contributed by atoms with Crippen LogP contribution in [-0.4, -0.2) is 27.4 Å². The van der Waals surface area contributed by atoms with Gasteiger partial charge in [-0.25, -0.2) is 22.3 Å². The maximum absolute atomic E-state index is 14.1. The molecule has 2 aromatic carbocycles. The minimum Gasteiger partial charge on any atom is -0.469 e. The van der Waals surface area contributed by atoms with Gasteiger partial charge in [0.15, 0.2) is 0 Å². The number of rotatable bonds is 8. The van der Waals surface area contributed by atoms with Crippen LogP contribution in [0.1, 0.15) is 27.2 Å². The van der Waals surface area contributed by atoms with E-state index in [1.807, 2.05) is 0 Å². The smallest absolute Gasteiger partial charge is 0.319 e. The molecule has 0 aliphatic heterocycles. The number of nitrogens with one attached hydrogen (secondary N) is 4. The number of benzene rings is 2. The molecule has 0 unspecified atom stereocenters. The van der Waals surface area contributed by atoms with Gasteiger partial charge >= 0.3 is 6.03 Å². The lowest BCUT2D eigenvalue weighted by molar-refractivity contribution is 0.102. The minimum atomic E-state index is -3.36. The normalized spacial score (nSPS) is 11.1. The Hall–Kier alpha value is -3.70. The van der Waals surface area contributed by atoms with Gasteiger partial charge in [-0.1, -0.05) is 24.3 Å². The third-order valence-corrected chi connectivity index (χ3v) is 6.05. The summed E-state index contributed by atoms with van der Waals surface area (Å²) in [6.45, 7) is 1.81. The average Bonchev–Trinajstić information content (AvgIpc) is 3.21. The molecule has 1 aromatic heterocycles. The summed E-state index contributed by atoms with van der Waals surface area (Å²) in [5, 5.41) is 7.69. The number of urea groups is 1. The molecule has 3 amide bonds. The van der Waals surface area contributed by atoms with Crippen molar-refractivity contribution in [3.05, 3.63) is 83.1 Å². The number of halogens is 1. The molecule has 0 saturated carbocycles. The highest BCUT2D eigenvalue weighted by molar-refractivity contribution is 7.88. The van der Waals surface area contributed by atoms with Crippen LogP contribution in [0.4, 0.5) is 20.6 Å². The first-order valence-electron chi connectivity index (χ1n) is 9.86. The van der Waals surface area contributed by atoms with E-state index in [0.717, 1.165) is 11.6 Å². The maximum atomic E-state index is 14.1. The van der Waals surface area contributed by atoms with E-state index in [2.05, 4.69) is 20.7 Å². The summed E-state index contributed by atoms with van der Waals surface area (Å²) in [6, 6.07) is 11.5. The summed E-state index contributed by atoms with van der Waals surface area (Å²) in [5.41, 5.74) is 1.84. The fourth-order valence-corrected chi connectivity index (χ4v) is 3.69. The van der Waals surface area contributed by atoms with Crippen molar-refractivity contribution in [2.75, 3.05) is 17.7 Å². The quantitative estimate of drug-likeness (QED) is 0.398.